The Labute approximate surface area is 154 Å². The summed E-state index contributed by atoms with van der Waals surface area (Å²) in [5.74, 6) is -1.29. The number of primary amides is 1. The number of carboxylic acids is 1. The van der Waals surface area contributed by atoms with Gasteiger partial charge in [-0.2, -0.15) is 0 Å². The minimum atomic E-state index is -1.10. The molecule has 4 rings (SSSR count). The molecule has 0 aromatic carbocycles. The molecule has 1 aliphatic rings. The summed E-state index contributed by atoms with van der Waals surface area (Å²) in [6.07, 6.45) is 3.69. The molecule has 7 heteroatoms. The number of carboxylic acid groups (broad SMARTS) is 1. The maximum Gasteiger partial charge on any atom is 0.354 e. The normalized spacial score (nSPS) is 13.3. The van der Waals surface area contributed by atoms with E-state index in [1.807, 2.05) is 12.1 Å². The third kappa shape index (κ3) is 3.39. The zero-order valence-corrected chi connectivity index (χ0v) is 14.3. The molecule has 3 N–H and O–H groups in total. The zero-order chi connectivity index (χ0) is 19.0. The Morgan fingerprint density at radius 3 is 2.56 bits per heavy atom. The van der Waals surface area contributed by atoms with Crippen LogP contribution in [0.3, 0.4) is 0 Å². The molecule has 0 unspecified atom stereocenters. The van der Waals surface area contributed by atoms with E-state index in [4.69, 9.17) is 10.7 Å². The second-order valence-corrected chi connectivity index (χ2v) is 6.41. The molecule has 1 aliphatic carbocycles. The van der Waals surface area contributed by atoms with E-state index in [0.717, 1.165) is 24.1 Å². The molecule has 134 valence electrons. The van der Waals surface area contributed by atoms with Crippen LogP contribution >= 0.6 is 0 Å². The minimum Gasteiger partial charge on any atom is -0.477 e. The summed E-state index contributed by atoms with van der Waals surface area (Å²) in [5, 5.41) is 9.25. The van der Waals surface area contributed by atoms with Crippen LogP contribution in [0, 0.1) is 0 Å². The van der Waals surface area contributed by atoms with Gasteiger partial charge >= 0.3 is 5.97 Å². The van der Waals surface area contributed by atoms with Gasteiger partial charge in [-0.1, -0.05) is 12.1 Å². The Kier molecular flexibility index (Phi) is 4.12. The molecule has 0 atom stereocenters. The van der Waals surface area contributed by atoms with Crippen LogP contribution in [0.5, 0.6) is 0 Å². The number of carbonyl (C=O) groups is 2. The fraction of sp³-hybridized carbons (Fsp3) is 0.150. The Morgan fingerprint density at radius 1 is 1.04 bits per heavy atom. The molecule has 1 fully saturated rings. The highest BCUT2D eigenvalue weighted by Gasteiger charge is 2.26. The van der Waals surface area contributed by atoms with Crippen LogP contribution in [0.15, 0.2) is 48.7 Å². The second kappa shape index (κ2) is 6.60. The molecule has 0 spiro atoms. The first-order valence-corrected chi connectivity index (χ1v) is 8.51. The number of nitrogens with two attached hydrogens (primary N) is 1. The fourth-order valence-corrected chi connectivity index (χ4v) is 2.93. The van der Waals surface area contributed by atoms with E-state index in [1.165, 1.54) is 12.3 Å². The topological polar surface area (TPSA) is 119 Å². The van der Waals surface area contributed by atoms with Gasteiger partial charge in [0, 0.05) is 23.4 Å². The molecule has 0 radical (unpaired) electrons. The van der Waals surface area contributed by atoms with Crippen LogP contribution < -0.4 is 5.73 Å². The van der Waals surface area contributed by atoms with Gasteiger partial charge in [-0.05, 0) is 48.7 Å². The Morgan fingerprint density at radius 2 is 1.85 bits per heavy atom. The average molecular weight is 360 g/mol. The molecule has 3 aromatic heterocycles. The number of hydrogen-bond donors (Lipinski definition) is 2. The zero-order valence-electron chi connectivity index (χ0n) is 14.3. The number of nitrogens with zero attached hydrogens (tertiary/aromatic N) is 3. The monoisotopic (exact) mass is 360 g/mol. The highest BCUT2D eigenvalue weighted by atomic mass is 16.4. The summed E-state index contributed by atoms with van der Waals surface area (Å²) in [7, 11) is 0. The van der Waals surface area contributed by atoms with Gasteiger partial charge in [-0.15, -0.1) is 0 Å². The van der Waals surface area contributed by atoms with Crippen molar-refractivity contribution >= 4 is 11.9 Å². The first-order valence-electron chi connectivity index (χ1n) is 8.51. The number of amides is 1. The van der Waals surface area contributed by atoms with Crippen LogP contribution in [0.4, 0.5) is 0 Å². The van der Waals surface area contributed by atoms with Crippen molar-refractivity contribution < 1.29 is 14.7 Å². The van der Waals surface area contributed by atoms with Gasteiger partial charge in [0.1, 0.15) is 11.4 Å². The van der Waals surface area contributed by atoms with Crippen LogP contribution in [0.1, 0.15) is 45.4 Å². The van der Waals surface area contributed by atoms with Gasteiger partial charge in [0.25, 0.3) is 5.91 Å². The lowest BCUT2D eigenvalue weighted by molar-refractivity contribution is 0.0690. The molecule has 0 saturated heterocycles. The van der Waals surface area contributed by atoms with Gasteiger partial charge in [0.15, 0.2) is 0 Å². The third-order valence-electron chi connectivity index (χ3n) is 4.45. The number of hydrogen-bond acceptors (Lipinski definition) is 5. The first kappa shape index (κ1) is 16.8. The van der Waals surface area contributed by atoms with Crippen molar-refractivity contribution in [2.45, 2.75) is 18.8 Å². The van der Waals surface area contributed by atoms with Crippen molar-refractivity contribution in [1.29, 1.82) is 0 Å². The van der Waals surface area contributed by atoms with Gasteiger partial charge < -0.3 is 10.8 Å². The van der Waals surface area contributed by atoms with Gasteiger partial charge in [-0.25, -0.2) is 9.78 Å². The van der Waals surface area contributed by atoms with Crippen molar-refractivity contribution in [1.82, 2.24) is 15.0 Å². The Hall–Kier alpha value is -3.61. The van der Waals surface area contributed by atoms with E-state index < -0.39 is 11.9 Å². The second-order valence-electron chi connectivity index (χ2n) is 6.41. The number of pyridine rings is 3. The Balaban J connectivity index is 1.89. The largest absolute Gasteiger partial charge is 0.477 e. The van der Waals surface area contributed by atoms with Crippen LogP contribution in [-0.2, 0) is 0 Å². The maximum atomic E-state index is 11.5. The van der Waals surface area contributed by atoms with Crippen LogP contribution in [0.2, 0.25) is 0 Å². The lowest BCUT2D eigenvalue weighted by Gasteiger charge is -2.12. The van der Waals surface area contributed by atoms with Crippen molar-refractivity contribution in [3.8, 4) is 22.5 Å². The van der Waals surface area contributed by atoms with Crippen molar-refractivity contribution in [3.05, 3.63) is 65.7 Å². The van der Waals surface area contributed by atoms with E-state index in [9.17, 15) is 14.7 Å². The molecule has 1 amide bonds. The summed E-state index contributed by atoms with van der Waals surface area (Å²) < 4.78 is 0. The van der Waals surface area contributed by atoms with Crippen LogP contribution in [-0.4, -0.2) is 31.9 Å². The summed E-state index contributed by atoms with van der Waals surface area (Å²) in [4.78, 5) is 35.8. The highest BCUT2D eigenvalue weighted by Crippen LogP contribution is 2.41. The minimum absolute atomic E-state index is 0.0513. The number of aromatic carboxylic acids is 1. The Bertz CT molecular complexity index is 1060. The van der Waals surface area contributed by atoms with Gasteiger partial charge in [0.05, 0.1) is 11.4 Å². The van der Waals surface area contributed by atoms with E-state index >= 15 is 0 Å². The third-order valence-corrected chi connectivity index (χ3v) is 4.45. The molecule has 3 aromatic rings. The maximum absolute atomic E-state index is 11.5. The molecule has 1 saturated carbocycles. The molecular formula is C20H16N4O3. The molecule has 0 aliphatic heterocycles. The predicted octanol–water partition coefficient (Wildman–Crippen LogP) is 2.88. The molecule has 0 bridgehead atoms. The smallest absolute Gasteiger partial charge is 0.354 e. The average Bonchev–Trinajstić information content (AvgIpc) is 3.53. The molecule has 7 nitrogen and oxygen atoms in total. The molecular weight excluding hydrogens is 344 g/mol. The number of rotatable bonds is 5. The lowest BCUT2D eigenvalue weighted by atomic mass is 10.0. The van der Waals surface area contributed by atoms with Crippen molar-refractivity contribution in [2.75, 3.05) is 0 Å². The number of carbonyl (C=O) groups excluding carboxylic acids is 1. The quantitative estimate of drug-likeness (QED) is 0.722. The van der Waals surface area contributed by atoms with E-state index in [-0.39, 0.29) is 11.4 Å². The van der Waals surface area contributed by atoms with Crippen LogP contribution in [0.25, 0.3) is 22.5 Å². The highest BCUT2D eigenvalue weighted by molar-refractivity contribution is 5.93. The molecule has 3 heterocycles. The summed E-state index contributed by atoms with van der Waals surface area (Å²) in [6.45, 7) is 0. The van der Waals surface area contributed by atoms with Crippen molar-refractivity contribution in [3.63, 3.8) is 0 Å². The van der Waals surface area contributed by atoms with E-state index in [2.05, 4.69) is 9.97 Å². The van der Waals surface area contributed by atoms with Crippen molar-refractivity contribution in [2.24, 2.45) is 5.73 Å². The van der Waals surface area contributed by atoms with Gasteiger partial charge in [0.2, 0.25) is 0 Å². The first-order chi connectivity index (χ1) is 13.0. The fourth-order valence-electron chi connectivity index (χ4n) is 2.93. The van der Waals surface area contributed by atoms with E-state index in [0.29, 0.717) is 22.9 Å². The summed E-state index contributed by atoms with van der Waals surface area (Å²) in [5.41, 5.74) is 8.88. The summed E-state index contributed by atoms with van der Waals surface area (Å²) in [6, 6.07) is 12.0. The predicted molar refractivity (Wildman–Crippen MR) is 98.2 cm³/mol. The van der Waals surface area contributed by atoms with Gasteiger partial charge in [-0.3, -0.25) is 14.8 Å². The lowest BCUT2D eigenvalue weighted by Crippen LogP contribution is -2.12. The SMILES string of the molecule is NC(=O)c1cc(-c2ccc(C3CC3)nc2-c2cccc(C(=O)O)n2)ccn1. The standard InChI is InChI=1S/C20H16N4O3/c21-19(25)17-10-12(8-9-22-17)13-6-7-14(11-4-5-11)24-18(13)15-2-1-3-16(23-15)20(26)27/h1-3,6-11H,4-5H2,(H2,21,25)(H,26,27). The summed E-state index contributed by atoms with van der Waals surface area (Å²) >= 11 is 0. The molecule has 27 heavy (non-hydrogen) atoms. The van der Waals surface area contributed by atoms with E-state index in [1.54, 1.807) is 24.3 Å². The number of aromatic nitrogens is 3.